The molecule has 1 aliphatic carbocycles. The molecular weight excluding hydrogens is 208 g/mol. The summed E-state index contributed by atoms with van der Waals surface area (Å²) in [6.45, 7) is 4.27. The topological polar surface area (TPSA) is 20.2 Å². The van der Waals surface area contributed by atoms with Crippen LogP contribution in [-0.2, 0) is 6.42 Å². The van der Waals surface area contributed by atoms with Crippen LogP contribution in [0.3, 0.4) is 0 Å². The molecule has 0 saturated heterocycles. The van der Waals surface area contributed by atoms with E-state index in [0.29, 0.717) is 0 Å². The van der Waals surface area contributed by atoms with Crippen molar-refractivity contribution in [2.75, 3.05) is 0 Å². The highest BCUT2D eigenvalue weighted by Gasteiger charge is 2.28. The molecule has 1 fully saturated rings. The van der Waals surface area contributed by atoms with Crippen molar-refractivity contribution >= 4 is 0 Å². The molecule has 17 heavy (non-hydrogen) atoms. The van der Waals surface area contributed by atoms with Crippen LogP contribution < -0.4 is 0 Å². The molecule has 0 aliphatic heterocycles. The number of benzene rings is 1. The third kappa shape index (κ3) is 3.32. The summed E-state index contributed by atoms with van der Waals surface area (Å²) in [4.78, 5) is 0. The van der Waals surface area contributed by atoms with E-state index in [0.717, 1.165) is 19.3 Å². The number of aryl methyl sites for hydroxylation is 2. The summed E-state index contributed by atoms with van der Waals surface area (Å²) in [6.07, 6.45) is 7.72. The summed E-state index contributed by atoms with van der Waals surface area (Å²) in [5, 5.41) is 10.7. The third-order valence-corrected chi connectivity index (χ3v) is 4.06. The molecule has 0 bridgehead atoms. The van der Waals surface area contributed by atoms with Crippen molar-refractivity contribution in [3.63, 3.8) is 0 Å². The fraction of sp³-hybridized carbons (Fsp3) is 0.625. The second-order valence-electron chi connectivity index (χ2n) is 5.75. The SMILES string of the molecule is Cc1ccc(C)c(CC2(O)CCCCCC2)c1. The Morgan fingerprint density at radius 3 is 2.35 bits per heavy atom. The first-order valence-corrected chi connectivity index (χ1v) is 6.88. The largest absolute Gasteiger partial charge is 0.390 e. The molecule has 1 N–H and O–H groups in total. The van der Waals surface area contributed by atoms with Crippen LogP contribution in [0.1, 0.15) is 55.2 Å². The van der Waals surface area contributed by atoms with Gasteiger partial charge in [0.25, 0.3) is 0 Å². The van der Waals surface area contributed by atoms with Crippen LogP contribution in [-0.4, -0.2) is 10.7 Å². The van der Waals surface area contributed by atoms with Gasteiger partial charge in [0, 0.05) is 6.42 Å². The second-order valence-corrected chi connectivity index (χ2v) is 5.75. The fourth-order valence-corrected chi connectivity index (χ4v) is 2.91. The number of rotatable bonds is 2. The van der Waals surface area contributed by atoms with Crippen LogP contribution in [0.5, 0.6) is 0 Å². The van der Waals surface area contributed by atoms with Crippen LogP contribution in [0.4, 0.5) is 0 Å². The van der Waals surface area contributed by atoms with Gasteiger partial charge in [-0.3, -0.25) is 0 Å². The van der Waals surface area contributed by atoms with Gasteiger partial charge >= 0.3 is 0 Å². The Hall–Kier alpha value is -0.820. The van der Waals surface area contributed by atoms with Gasteiger partial charge in [0.05, 0.1) is 5.60 Å². The van der Waals surface area contributed by atoms with Crippen molar-refractivity contribution in [2.45, 2.75) is 64.4 Å². The van der Waals surface area contributed by atoms with E-state index in [1.54, 1.807) is 0 Å². The number of aliphatic hydroxyl groups is 1. The Labute approximate surface area is 105 Å². The minimum atomic E-state index is -0.449. The fourth-order valence-electron chi connectivity index (χ4n) is 2.91. The molecule has 0 heterocycles. The van der Waals surface area contributed by atoms with E-state index in [-0.39, 0.29) is 0 Å². The van der Waals surface area contributed by atoms with E-state index >= 15 is 0 Å². The lowest BCUT2D eigenvalue weighted by Gasteiger charge is -2.27. The molecular formula is C16H24O. The van der Waals surface area contributed by atoms with Gasteiger partial charge in [0.15, 0.2) is 0 Å². The van der Waals surface area contributed by atoms with Gasteiger partial charge < -0.3 is 5.11 Å². The predicted molar refractivity (Wildman–Crippen MR) is 72.3 cm³/mol. The second kappa shape index (κ2) is 5.22. The molecule has 0 radical (unpaired) electrons. The summed E-state index contributed by atoms with van der Waals surface area (Å²) in [7, 11) is 0. The molecule has 1 saturated carbocycles. The first-order chi connectivity index (χ1) is 8.09. The molecule has 0 unspecified atom stereocenters. The zero-order valence-electron chi connectivity index (χ0n) is 11.1. The van der Waals surface area contributed by atoms with Gasteiger partial charge in [-0.05, 0) is 37.8 Å². The van der Waals surface area contributed by atoms with Crippen LogP contribution in [0, 0.1) is 13.8 Å². The van der Waals surface area contributed by atoms with Gasteiger partial charge in [-0.2, -0.15) is 0 Å². The Morgan fingerprint density at radius 1 is 1.06 bits per heavy atom. The van der Waals surface area contributed by atoms with E-state index < -0.39 is 5.60 Å². The van der Waals surface area contributed by atoms with Gasteiger partial charge in [-0.15, -0.1) is 0 Å². The monoisotopic (exact) mass is 232 g/mol. The predicted octanol–water partition coefficient (Wildman–Crippen LogP) is 3.93. The first-order valence-electron chi connectivity index (χ1n) is 6.88. The maximum Gasteiger partial charge on any atom is 0.0688 e. The zero-order chi connectivity index (χ0) is 12.3. The zero-order valence-corrected chi connectivity index (χ0v) is 11.1. The molecule has 2 rings (SSSR count). The van der Waals surface area contributed by atoms with E-state index in [2.05, 4.69) is 32.0 Å². The number of hydrogen-bond donors (Lipinski definition) is 1. The summed E-state index contributed by atoms with van der Waals surface area (Å²) in [5.74, 6) is 0. The highest BCUT2D eigenvalue weighted by molar-refractivity contribution is 5.31. The molecule has 1 nitrogen and oxygen atoms in total. The van der Waals surface area contributed by atoms with Crippen LogP contribution in [0.2, 0.25) is 0 Å². The normalized spacial score (nSPS) is 19.9. The van der Waals surface area contributed by atoms with Gasteiger partial charge in [-0.1, -0.05) is 49.4 Å². The van der Waals surface area contributed by atoms with E-state index in [9.17, 15) is 5.11 Å². The molecule has 0 spiro atoms. The van der Waals surface area contributed by atoms with Crippen molar-refractivity contribution < 1.29 is 5.11 Å². The van der Waals surface area contributed by atoms with Crippen molar-refractivity contribution in [2.24, 2.45) is 0 Å². The van der Waals surface area contributed by atoms with Crippen molar-refractivity contribution in [3.05, 3.63) is 34.9 Å². The van der Waals surface area contributed by atoms with Crippen LogP contribution >= 0.6 is 0 Å². The summed E-state index contributed by atoms with van der Waals surface area (Å²) in [6, 6.07) is 6.55. The molecule has 94 valence electrons. The minimum Gasteiger partial charge on any atom is -0.390 e. The third-order valence-electron chi connectivity index (χ3n) is 4.06. The molecule has 1 aromatic carbocycles. The van der Waals surface area contributed by atoms with Crippen molar-refractivity contribution in [1.82, 2.24) is 0 Å². The minimum absolute atomic E-state index is 0.449. The Morgan fingerprint density at radius 2 is 1.71 bits per heavy atom. The van der Waals surface area contributed by atoms with E-state index in [4.69, 9.17) is 0 Å². The number of hydrogen-bond acceptors (Lipinski definition) is 1. The van der Waals surface area contributed by atoms with Crippen LogP contribution in [0.15, 0.2) is 18.2 Å². The van der Waals surface area contributed by atoms with Gasteiger partial charge in [0.2, 0.25) is 0 Å². The van der Waals surface area contributed by atoms with Gasteiger partial charge in [0.1, 0.15) is 0 Å². The van der Waals surface area contributed by atoms with Crippen molar-refractivity contribution in [1.29, 1.82) is 0 Å². The van der Waals surface area contributed by atoms with Crippen molar-refractivity contribution in [3.8, 4) is 0 Å². The quantitative estimate of drug-likeness (QED) is 0.766. The maximum absolute atomic E-state index is 10.7. The highest BCUT2D eigenvalue weighted by Crippen LogP contribution is 2.31. The Kier molecular flexibility index (Phi) is 3.88. The lowest BCUT2D eigenvalue weighted by Crippen LogP contribution is -2.30. The standard InChI is InChI=1S/C16H24O/c1-13-7-8-14(2)15(11-13)12-16(17)9-5-3-4-6-10-16/h7-8,11,17H,3-6,9-10,12H2,1-2H3. The average Bonchev–Trinajstić information content (AvgIpc) is 2.49. The highest BCUT2D eigenvalue weighted by atomic mass is 16.3. The lowest BCUT2D eigenvalue weighted by molar-refractivity contribution is 0.0251. The van der Waals surface area contributed by atoms with E-state index in [1.807, 2.05) is 0 Å². The molecule has 1 heteroatoms. The summed E-state index contributed by atoms with van der Waals surface area (Å²) >= 11 is 0. The Bertz CT molecular complexity index is 373. The summed E-state index contributed by atoms with van der Waals surface area (Å²) < 4.78 is 0. The molecule has 0 amide bonds. The Balaban J connectivity index is 2.15. The molecule has 1 aliphatic rings. The molecule has 0 aromatic heterocycles. The average molecular weight is 232 g/mol. The van der Waals surface area contributed by atoms with E-state index in [1.165, 1.54) is 42.4 Å². The maximum atomic E-state index is 10.7. The smallest absolute Gasteiger partial charge is 0.0688 e. The van der Waals surface area contributed by atoms with Crippen LogP contribution in [0.25, 0.3) is 0 Å². The van der Waals surface area contributed by atoms with Gasteiger partial charge in [-0.25, -0.2) is 0 Å². The molecule has 1 aromatic rings. The summed E-state index contributed by atoms with van der Waals surface area (Å²) in [5.41, 5.74) is 3.49. The lowest BCUT2D eigenvalue weighted by atomic mass is 9.85. The first kappa shape index (κ1) is 12.6. The molecule has 0 atom stereocenters.